The summed E-state index contributed by atoms with van der Waals surface area (Å²) in [5, 5.41) is 0.522. The van der Waals surface area contributed by atoms with Crippen LogP contribution in [0.15, 0.2) is 18.5 Å². The molecule has 17 heavy (non-hydrogen) atoms. The van der Waals surface area contributed by atoms with Crippen LogP contribution in [0, 0.1) is 0 Å². The van der Waals surface area contributed by atoms with Crippen molar-refractivity contribution in [1.29, 1.82) is 0 Å². The van der Waals surface area contributed by atoms with Gasteiger partial charge in [-0.2, -0.15) is 0 Å². The highest BCUT2D eigenvalue weighted by atomic mass is 35.5. The van der Waals surface area contributed by atoms with Crippen molar-refractivity contribution in [3.8, 4) is 0 Å². The zero-order valence-corrected chi connectivity index (χ0v) is 10.2. The number of nitrogens with zero attached hydrogens (tertiary/aromatic N) is 1. The van der Waals surface area contributed by atoms with Crippen molar-refractivity contribution in [1.82, 2.24) is 4.98 Å². The minimum absolute atomic E-state index is 0.0249. The number of hydrogen-bond donors (Lipinski definition) is 1. The number of pyridine rings is 1. The molecule has 0 spiro atoms. The molecule has 2 atom stereocenters. The Labute approximate surface area is 105 Å². The summed E-state index contributed by atoms with van der Waals surface area (Å²) in [6, 6.07) is 1.76. The second-order valence-electron chi connectivity index (χ2n) is 4.17. The fraction of sp³-hybridized carbons (Fsp3) is 0.500. The summed E-state index contributed by atoms with van der Waals surface area (Å²) in [5.41, 5.74) is 6.30. The molecule has 1 aliphatic heterocycles. The Bertz CT molecular complexity index is 411. The van der Waals surface area contributed by atoms with Gasteiger partial charge < -0.3 is 10.5 Å². The van der Waals surface area contributed by atoms with Crippen molar-refractivity contribution < 1.29 is 9.53 Å². The van der Waals surface area contributed by atoms with Gasteiger partial charge in [0.2, 0.25) is 0 Å². The summed E-state index contributed by atoms with van der Waals surface area (Å²) in [4.78, 5) is 15.9. The highest BCUT2D eigenvalue weighted by Gasteiger charge is 2.29. The lowest BCUT2D eigenvalue weighted by atomic mass is 10.0. The molecule has 1 aromatic rings. The number of aromatic nitrogens is 1. The van der Waals surface area contributed by atoms with Gasteiger partial charge in [-0.15, -0.1) is 0 Å². The molecule has 0 aromatic carbocycles. The molecule has 0 aliphatic carbocycles. The van der Waals surface area contributed by atoms with Gasteiger partial charge in [-0.3, -0.25) is 9.78 Å². The molecule has 92 valence electrons. The molecule has 2 unspecified atom stereocenters. The number of rotatable bonds is 4. The van der Waals surface area contributed by atoms with Crippen LogP contribution < -0.4 is 5.73 Å². The Balaban J connectivity index is 1.96. The Morgan fingerprint density at radius 3 is 3.06 bits per heavy atom. The van der Waals surface area contributed by atoms with Crippen LogP contribution in [-0.2, 0) is 16.0 Å². The summed E-state index contributed by atoms with van der Waals surface area (Å²) in [7, 11) is 0. The maximum absolute atomic E-state index is 12.0. The predicted octanol–water partition coefficient (Wildman–Crippen LogP) is 1.35. The average Bonchev–Trinajstić information content (AvgIpc) is 2.81. The fourth-order valence-corrected chi connectivity index (χ4v) is 2.15. The molecular weight excluding hydrogens is 240 g/mol. The first-order chi connectivity index (χ1) is 8.20. The molecule has 2 N–H and O–H groups in total. The molecule has 0 saturated carbocycles. The van der Waals surface area contributed by atoms with Gasteiger partial charge in [0.1, 0.15) is 6.10 Å². The van der Waals surface area contributed by atoms with E-state index in [1.54, 1.807) is 18.5 Å². The highest BCUT2D eigenvalue weighted by Crippen LogP contribution is 2.22. The minimum Gasteiger partial charge on any atom is -0.366 e. The number of nitrogens with two attached hydrogens (primary N) is 1. The SMILES string of the molecule is NCC1CCC(C(=O)Cc2ccncc2Cl)O1. The highest BCUT2D eigenvalue weighted by molar-refractivity contribution is 6.31. The van der Waals surface area contributed by atoms with Crippen LogP contribution in [0.2, 0.25) is 5.02 Å². The maximum atomic E-state index is 12.0. The number of hydrogen-bond acceptors (Lipinski definition) is 4. The zero-order valence-electron chi connectivity index (χ0n) is 9.43. The van der Waals surface area contributed by atoms with Crippen molar-refractivity contribution in [2.45, 2.75) is 31.5 Å². The van der Waals surface area contributed by atoms with Crippen molar-refractivity contribution >= 4 is 17.4 Å². The molecule has 2 rings (SSSR count). The molecule has 1 aliphatic rings. The molecule has 0 bridgehead atoms. The Hall–Kier alpha value is -0.970. The minimum atomic E-state index is -0.326. The third-order valence-electron chi connectivity index (χ3n) is 2.95. The number of Topliss-reactive ketones (excluding diaryl/α,β-unsaturated/α-hetero) is 1. The summed E-state index contributed by atoms with van der Waals surface area (Å²) in [5.74, 6) is 0.0639. The topological polar surface area (TPSA) is 65.2 Å². The van der Waals surface area contributed by atoms with Crippen LogP contribution >= 0.6 is 11.6 Å². The largest absolute Gasteiger partial charge is 0.366 e. The first-order valence-electron chi connectivity index (χ1n) is 5.67. The lowest BCUT2D eigenvalue weighted by Gasteiger charge is -2.11. The summed E-state index contributed by atoms with van der Waals surface area (Å²) < 4.78 is 5.55. The Kier molecular flexibility index (Phi) is 4.10. The van der Waals surface area contributed by atoms with Gasteiger partial charge in [0, 0.05) is 25.4 Å². The summed E-state index contributed by atoms with van der Waals surface area (Å²) >= 11 is 5.96. The number of ketones is 1. The standard InChI is InChI=1S/C12H15ClN2O2/c13-10-7-15-4-3-8(10)5-11(16)12-2-1-9(6-14)17-12/h3-4,7,9,12H,1-2,5-6,14H2. The van der Waals surface area contributed by atoms with Crippen LogP contribution in [0.4, 0.5) is 0 Å². The van der Waals surface area contributed by atoms with Crippen LogP contribution in [0.3, 0.4) is 0 Å². The van der Waals surface area contributed by atoms with Crippen LogP contribution in [0.25, 0.3) is 0 Å². The number of carbonyl (C=O) groups is 1. The van der Waals surface area contributed by atoms with Gasteiger partial charge in [-0.1, -0.05) is 11.6 Å². The zero-order chi connectivity index (χ0) is 12.3. The van der Waals surface area contributed by atoms with Crippen molar-refractivity contribution in [2.75, 3.05) is 6.54 Å². The normalized spacial score (nSPS) is 23.9. The van der Waals surface area contributed by atoms with E-state index in [1.165, 1.54) is 0 Å². The fourth-order valence-electron chi connectivity index (χ4n) is 1.96. The molecule has 5 heteroatoms. The Morgan fingerprint density at radius 1 is 1.59 bits per heavy atom. The van der Waals surface area contributed by atoms with E-state index >= 15 is 0 Å². The van der Waals surface area contributed by atoms with E-state index in [9.17, 15) is 4.79 Å². The van der Waals surface area contributed by atoms with Gasteiger partial charge in [0.25, 0.3) is 0 Å². The average molecular weight is 255 g/mol. The van der Waals surface area contributed by atoms with Crippen LogP contribution in [-0.4, -0.2) is 29.5 Å². The van der Waals surface area contributed by atoms with E-state index in [0.29, 0.717) is 18.0 Å². The summed E-state index contributed by atoms with van der Waals surface area (Å²) in [6.45, 7) is 0.472. The number of ether oxygens (including phenoxy) is 1. The van der Waals surface area contributed by atoms with Crippen molar-refractivity contribution in [2.24, 2.45) is 5.73 Å². The van der Waals surface area contributed by atoms with Crippen molar-refractivity contribution in [3.63, 3.8) is 0 Å². The molecule has 0 radical (unpaired) electrons. The third kappa shape index (κ3) is 3.03. The molecule has 2 heterocycles. The quantitative estimate of drug-likeness (QED) is 0.881. The first kappa shape index (κ1) is 12.5. The summed E-state index contributed by atoms with van der Waals surface area (Å²) in [6.07, 6.45) is 4.78. The van der Waals surface area contributed by atoms with Gasteiger partial charge in [-0.05, 0) is 24.5 Å². The number of halogens is 1. The predicted molar refractivity (Wildman–Crippen MR) is 64.9 cm³/mol. The van der Waals surface area contributed by atoms with Gasteiger partial charge in [0.15, 0.2) is 5.78 Å². The van der Waals surface area contributed by atoms with E-state index in [1.807, 2.05) is 0 Å². The molecule has 1 fully saturated rings. The van der Waals surface area contributed by atoms with Crippen molar-refractivity contribution in [3.05, 3.63) is 29.0 Å². The molecule has 1 saturated heterocycles. The van der Waals surface area contributed by atoms with E-state index in [0.717, 1.165) is 18.4 Å². The van der Waals surface area contributed by atoms with E-state index < -0.39 is 0 Å². The lowest BCUT2D eigenvalue weighted by Crippen LogP contribution is -2.26. The maximum Gasteiger partial charge on any atom is 0.165 e. The van der Waals surface area contributed by atoms with Crippen LogP contribution in [0.1, 0.15) is 18.4 Å². The second kappa shape index (κ2) is 5.58. The molecule has 1 aromatic heterocycles. The van der Waals surface area contributed by atoms with E-state index in [2.05, 4.69) is 4.98 Å². The monoisotopic (exact) mass is 254 g/mol. The Morgan fingerprint density at radius 2 is 2.41 bits per heavy atom. The van der Waals surface area contributed by atoms with Gasteiger partial charge >= 0.3 is 0 Å². The van der Waals surface area contributed by atoms with E-state index in [4.69, 9.17) is 22.1 Å². The smallest absolute Gasteiger partial charge is 0.165 e. The first-order valence-corrected chi connectivity index (χ1v) is 6.05. The van der Waals surface area contributed by atoms with Gasteiger partial charge in [0.05, 0.1) is 11.1 Å². The second-order valence-corrected chi connectivity index (χ2v) is 4.58. The lowest BCUT2D eigenvalue weighted by molar-refractivity contribution is -0.128. The third-order valence-corrected chi connectivity index (χ3v) is 3.29. The molecule has 4 nitrogen and oxygen atoms in total. The molecule has 0 amide bonds. The molecular formula is C12H15ClN2O2. The van der Waals surface area contributed by atoms with Crippen LogP contribution in [0.5, 0.6) is 0 Å². The van der Waals surface area contributed by atoms with E-state index in [-0.39, 0.29) is 18.0 Å². The van der Waals surface area contributed by atoms with Gasteiger partial charge in [-0.25, -0.2) is 0 Å². The number of carbonyl (C=O) groups excluding carboxylic acids is 1.